The van der Waals surface area contributed by atoms with Gasteiger partial charge in [-0.15, -0.1) is 0 Å². The van der Waals surface area contributed by atoms with Crippen molar-refractivity contribution in [3.05, 3.63) is 95.0 Å². The lowest BCUT2D eigenvalue weighted by Crippen LogP contribution is -2.61. The lowest BCUT2D eigenvalue weighted by atomic mass is 9.98. The number of nitrogens with zero attached hydrogens (tertiary/aromatic N) is 2. The Bertz CT molecular complexity index is 1160. The van der Waals surface area contributed by atoms with Crippen LogP contribution in [0.5, 0.6) is 5.75 Å². The van der Waals surface area contributed by atoms with Crippen molar-refractivity contribution in [1.29, 1.82) is 0 Å². The number of benzene rings is 3. The second-order valence-corrected chi connectivity index (χ2v) is 7.97. The van der Waals surface area contributed by atoms with Gasteiger partial charge in [0.05, 0.1) is 12.8 Å². The van der Waals surface area contributed by atoms with Crippen molar-refractivity contribution in [3.8, 4) is 5.75 Å². The monoisotopic (exact) mass is 446 g/mol. The summed E-state index contributed by atoms with van der Waals surface area (Å²) in [5.74, 6) is 0.148. The molecule has 1 aliphatic rings. The molecule has 1 heterocycles. The van der Waals surface area contributed by atoms with Gasteiger partial charge in [-0.1, -0.05) is 60.1 Å². The summed E-state index contributed by atoms with van der Waals surface area (Å²) < 4.78 is 5.45. The molecule has 2 amide bonds. The van der Waals surface area contributed by atoms with E-state index < -0.39 is 6.04 Å². The van der Waals surface area contributed by atoms with Crippen LogP contribution in [0.3, 0.4) is 0 Å². The van der Waals surface area contributed by atoms with Crippen LogP contribution in [0.2, 0.25) is 5.02 Å². The van der Waals surface area contributed by atoms with Crippen molar-refractivity contribution < 1.29 is 14.3 Å². The SMILES string of the molecule is COc1ccccc1N1CC(=O)N(c2ccc(Cl)cc2)C(C(C)=Cc2ccccc2)C1=O. The van der Waals surface area contributed by atoms with Crippen molar-refractivity contribution in [3.63, 3.8) is 0 Å². The van der Waals surface area contributed by atoms with Crippen LogP contribution in [0.4, 0.5) is 11.4 Å². The van der Waals surface area contributed by atoms with Gasteiger partial charge in [0, 0.05) is 10.7 Å². The van der Waals surface area contributed by atoms with Gasteiger partial charge < -0.3 is 4.74 Å². The molecule has 3 aromatic rings. The molecule has 0 spiro atoms. The highest BCUT2D eigenvalue weighted by molar-refractivity contribution is 6.30. The highest BCUT2D eigenvalue weighted by Crippen LogP contribution is 2.34. The first-order chi connectivity index (χ1) is 15.5. The number of carbonyl (C=O) groups excluding carboxylic acids is 2. The number of amides is 2. The number of methoxy groups -OCH3 is 1. The zero-order valence-corrected chi connectivity index (χ0v) is 18.6. The van der Waals surface area contributed by atoms with E-state index in [2.05, 4.69) is 0 Å². The highest BCUT2D eigenvalue weighted by atomic mass is 35.5. The molecule has 4 rings (SSSR count). The maximum Gasteiger partial charge on any atom is 0.255 e. The summed E-state index contributed by atoms with van der Waals surface area (Å²) in [5.41, 5.74) is 2.90. The number of carbonyl (C=O) groups is 2. The number of hydrogen-bond donors (Lipinski definition) is 0. The van der Waals surface area contributed by atoms with E-state index >= 15 is 0 Å². The highest BCUT2D eigenvalue weighted by Gasteiger charge is 2.42. The number of piperazine rings is 1. The van der Waals surface area contributed by atoms with Crippen LogP contribution < -0.4 is 14.5 Å². The summed E-state index contributed by atoms with van der Waals surface area (Å²) in [4.78, 5) is 30.3. The molecule has 0 radical (unpaired) electrons. The molecule has 5 nitrogen and oxygen atoms in total. The van der Waals surface area contributed by atoms with Crippen LogP contribution in [0.25, 0.3) is 6.08 Å². The molecule has 1 aliphatic heterocycles. The summed E-state index contributed by atoms with van der Waals surface area (Å²) in [5, 5.41) is 0.563. The predicted molar refractivity (Wildman–Crippen MR) is 128 cm³/mol. The molecule has 6 heteroatoms. The van der Waals surface area contributed by atoms with Crippen LogP contribution in [-0.2, 0) is 9.59 Å². The van der Waals surface area contributed by atoms with Crippen molar-refractivity contribution in [2.75, 3.05) is 23.5 Å². The minimum absolute atomic E-state index is 0.0864. The van der Waals surface area contributed by atoms with E-state index in [1.165, 1.54) is 4.90 Å². The van der Waals surface area contributed by atoms with E-state index in [-0.39, 0.29) is 18.4 Å². The molecule has 1 fully saturated rings. The number of halogens is 1. The molecule has 32 heavy (non-hydrogen) atoms. The smallest absolute Gasteiger partial charge is 0.255 e. The predicted octanol–water partition coefficient (Wildman–Crippen LogP) is 5.20. The quantitative estimate of drug-likeness (QED) is 0.541. The molecule has 162 valence electrons. The van der Waals surface area contributed by atoms with Gasteiger partial charge in [-0.25, -0.2) is 0 Å². The van der Waals surface area contributed by atoms with Crippen LogP contribution in [0.15, 0.2) is 84.4 Å². The van der Waals surface area contributed by atoms with Gasteiger partial charge in [-0.3, -0.25) is 19.4 Å². The zero-order chi connectivity index (χ0) is 22.7. The second-order valence-electron chi connectivity index (χ2n) is 7.54. The Labute approximate surface area is 192 Å². The Morgan fingerprint density at radius 2 is 1.62 bits per heavy atom. The van der Waals surface area contributed by atoms with Gasteiger partial charge in [-0.2, -0.15) is 0 Å². The molecule has 0 aliphatic carbocycles. The Kier molecular flexibility index (Phi) is 6.28. The second kappa shape index (κ2) is 9.28. The summed E-state index contributed by atoms with van der Waals surface area (Å²) in [6, 6.07) is 23.1. The largest absolute Gasteiger partial charge is 0.495 e. The maximum absolute atomic E-state index is 13.8. The summed E-state index contributed by atoms with van der Waals surface area (Å²) in [6.45, 7) is 1.79. The molecule has 0 saturated carbocycles. The molecule has 1 atom stereocenters. The van der Waals surface area contributed by atoms with Crippen LogP contribution >= 0.6 is 11.6 Å². The van der Waals surface area contributed by atoms with Gasteiger partial charge >= 0.3 is 0 Å². The molecule has 1 saturated heterocycles. The third-order valence-corrected chi connectivity index (χ3v) is 5.68. The summed E-state index contributed by atoms with van der Waals surface area (Å²) >= 11 is 6.05. The average molecular weight is 447 g/mol. The Morgan fingerprint density at radius 3 is 2.31 bits per heavy atom. The number of para-hydroxylation sites is 2. The summed E-state index contributed by atoms with van der Waals surface area (Å²) in [6.07, 6.45) is 1.94. The maximum atomic E-state index is 13.8. The fourth-order valence-corrected chi connectivity index (χ4v) is 4.06. The minimum Gasteiger partial charge on any atom is -0.495 e. The zero-order valence-electron chi connectivity index (χ0n) is 17.9. The first-order valence-corrected chi connectivity index (χ1v) is 10.6. The lowest BCUT2D eigenvalue weighted by Gasteiger charge is -2.41. The van der Waals surface area contributed by atoms with E-state index in [0.29, 0.717) is 22.1 Å². The van der Waals surface area contributed by atoms with Crippen LogP contribution in [0, 0.1) is 0 Å². The van der Waals surface area contributed by atoms with E-state index in [9.17, 15) is 9.59 Å². The fraction of sp³-hybridized carbons (Fsp3) is 0.154. The van der Waals surface area contributed by atoms with Crippen molar-refractivity contribution in [2.24, 2.45) is 0 Å². The van der Waals surface area contributed by atoms with E-state index in [0.717, 1.165) is 11.1 Å². The lowest BCUT2D eigenvalue weighted by molar-refractivity contribution is -0.127. The number of rotatable bonds is 5. The average Bonchev–Trinajstić information content (AvgIpc) is 2.81. The minimum atomic E-state index is -0.803. The fourth-order valence-electron chi connectivity index (χ4n) is 3.93. The first kappa shape index (κ1) is 21.7. The van der Waals surface area contributed by atoms with Crippen LogP contribution in [-0.4, -0.2) is 31.5 Å². The van der Waals surface area contributed by atoms with Crippen LogP contribution in [0.1, 0.15) is 12.5 Å². The Balaban J connectivity index is 1.81. The van der Waals surface area contributed by atoms with Gasteiger partial charge in [0.1, 0.15) is 18.3 Å². The molecule has 0 N–H and O–H groups in total. The number of ether oxygens (including phenoxy) is 1. The topological polar surface area (TPSA) is 49.9 Å². The standard InChI is InChI=1S/C26H23ClN2O3/c1-18(16-19-8-4-3-5-9-19)25-26(31)28(22-10-6-7-11-23(22)32-2)17-24(30)29(25)21-14-12-20(27)13-15-21/h3-16,25H,17H2,1-2H3. The first-order valence-electron chi connectivity index (χ1n) is 10.2. The Morgan fingerprint density at radius 1 is 0.969 bits per heavy atom. The van der Waals surface area contributed by atoms with E-state index in [4.69, 9.17) is 16.3 Å². The number of anilines is 2. The van der Waals surface area contributed by atoms with Gasteiger partial charge in [0.15, 0.2) is 0 Å². The van der Waals surface area contributed by atoms with Crippen molar-refractivity contribution >= 4 is 40.9 Å². The molecular weight excluding hydrogens is 424 g/mol. The Hall–Kier alpha value is -3.57. The molecule has 0 aromatic heterocycles. The molecule has 0 bridgehead atoms. The third-order valence-electron chi connectivity index (χ3n) is 5.43. The van der Waals surface area contributed by atoms with Crippen molar-refractivity contribution in [1.82, 2.24) is 0 Å². The van der Waals surface area contributed by atoms with E-state index in [1.807, 2.05) is 55.5 Å². The molecular formula is C26H23ClN2O3. The van der Waals surface area contributed by atoms with Gasteiger partial charge in [0.25, 0.3) is 5.91 Å². The molecule has 1 unspecified atom stereocenters. The molecule has 3 aromatic carbocycles. The van der Waals surface area contributed by atoms with Crippen molar-refractivity contribution in [2.45, 2.75) is 13.0 Å². The van der Waals surface area contributed by atoms with Gasteiger partial charge in [-0.05, 0) is 54.5 Å². The number of hydrogen-bond acceptors (Lipinski definition) is 3. The normalized spacial score (nSPS) is 17.0. The summed E-state index contributed by atoms with van der Waals surface area (Å²) in [7, 11) is 1.55. The third kappa shape index (κ3) is 4.25. The van der Waals surface area contributed by atoms with Gasteiger partial charge in [0.2, 0.25) is 5.91 Å². The van der Waals surface area contributed by atoms with E-state index in [1.54, 1.807) is 48.4 Å².